The third-order valence-electron chi connectivity index (χ3n) is 3.67. The summed E-state index contributed by atoms with van der Waals surface area (Å²) in [5.41, 5.74) is 1.84. The Morgan fingerprint density at radius 3 is 2.83 bits per heavy atom. The molecule has 0 saturated heterocycles. The number of hydrogen-bond donors (Lipinski definition) is 2. The minimum Gasteiger partial charge on any atom is -0.488 e. The van der Waals surface area contributed by atoms with E-state index in [0.29, 0.717) is 12.2 Å². The van der Waals surface area contributed by atoms with Crippen molar-refractivity contribution in [3.8, 4) is 5.75 Å². The highest BCUT2D eigenvalue weighted by Gasteiger charge is 2.22. The third kappa shape index (κ3) is 3.71. The Morgan fingerprint density at radius 1 is 1.30 bits per heavy atom. The summed E-state index contributed by atoms with van der Waals surface area (Å²) in [5, 5.41) is 5.60. The van der Waals surface area contributed by atoms with Gasteiger partial charge < -0.3 is 20.3 Å². The molecule has 2 N–H and O–H groups in total. The van der Waals surface area contributed by atoms with E-state index in [-0.39, 0.29) is 12.1 Å². The Hall–Kier alpha value is -2.76. The maximum atomic E-state index is 11.9. The molecule has 0 radical (unpaired) electrons. The normalized spacial score (nSPS) is 15.5. The van der Waals surface area contributed by atoms with E-state index in [1.54, 1.807) is 6.20 Å². The van der Waals surface area contributed by atoms with E-state index >= 15 is 0 Å². The smallest absolute Gasteiger partial charge is 0.319 e. The zero-order chi connectivity index (χ0) is 16.2. The van der Waals surface area contributed by atoms with Crippen LogP contribution in [0.4, 0.5) is 16.3 Å². The van der Waals surface area contributed by atoms with Gasteiger partial charge in [0.2, 0.25) is 0 Å². The van der Waals surface area contributed by atoms with Crippen LogP contribution >= 0.6 is 0 Å². The van der Waals surface area contributed by atoms with Crippen molar-refractivity contribution in [2.75, 3.05) is 30.9 Å². The van der Waals surface area contributed by atoms with E-state index in [4.69, 9.17) is 4.74 Å². The lowest BCUT2D eigenvalue weighted by Gasteiger charge is -2.14. The molecule has 1 aromatic heterocycles. The fourth-order valence-electron chi connectivity index (χ4n) is 2.47. The Morgan fingerprint density at radius 2 is 2.13 bits per heavy atom. The number of ether oxygens (including phenoxy) is 1. The molecule has 0 spiro atoms. The molecule has 1 aliphatic heterocycles. The molecular weight excluding hydrogens is 292 g/mol. The lowest BCUT2D eigenvalue weighted by atomic mass is 10.1. The number of urea groups is 1. The highest BCUT2D eigenvalue weighted by Crippen LogP contribution is 2.27. The molecule has 1 aromatic carbocycles. The van der Waals surface area contributed by atoms with Crippen LogP contribution in [0, 0.1) is 0 Å². The van der Waals surface area contributed by atoms with Gasteiger partial charge in [-0.3, -0.25) is 0 Å². The molecule has 0 bridgehead atoms. The van der Waals surface area contributed by atoms with Crippen LogP contribution in [0.3, 0.4) is 0 Å². The summed E-state index contributed by atoms with van der Waals surface area (Å²) < 4.78 is 5.79. The minimum absolute atomic E-state index is 0.0209. The van der Waals surface area contributed by atoms with Crippen LogP contribution in [0.25, 0.3) is 0 Å². The van der Waals surface area contributed by atoms with Gasteiger partial charge in [-0.2, -0.15) is 0 Å². The maximum Gasteiger partial charge on any atom is 0.319 e. The summed E-state index contributed by atoms with van der Waals surface area (Å²) in [4.78, 5) is 18.1. The van der Waals surface area contributed by atoms with Crippen LogP contribution < -0.4 is 20.3 Å². The monoisotopic (exact) mass is 312 g/mol. The van der Waals surface area contributed by atoms with Crippen molar-refractivity contribution in [1.29, 1.82) is 0 Å². The topological polar surface area (TPSA) is 66.5 Å². The van der Waals surface area contributed by atoms with Crippen molar-refractivity contribution in [3.05, 3.63) is 48.2 Å². The van der Waals surface area contributed by atoms with Gasteiger partial charge in [-0.25, -0.2) is 9.78 Å². The molecule has 0 unspecified atom stereocenters. The van der Waals surface area contributed by atoms with Crippen LogP contribution in [-0.2, 0) is 6.42 Å². The number of anilines is 2. The number of benzene rings is 1. The van der Waals surface area contributed by atoms with Gasteiger partial charge >= 0.3 is 6.03 Å². The average molecular weight is 312 g/mol. The van der Waals surface area contributed by atoms with Gasteiger partial charge in [0, 0.05) is 20.5 Å². The molecule has 1 aliphatic rings. The molecule has 6 heteroatoms. The fourth-order valence-corrected chi connectivity index (χ4v) is 2.47. The number of rotatable bonds is 4. The number of carbonyl (C=O) groups excluding carboxylic acids is 1. The second kappa shape index (κ2) is 6.56. The van der Waals surface area contributed by atoms with Gasteiger partial charge in [0.05, 0.1) is 18.4 Å². The standard InChI is InChI=1S/C17H20N4O2/c1-21(2)16-8-7-13(10-18-16)20-17(22)19-11-14-9-12-5-3-4-6-15(12)23-14/h3-8,10,14H,9,11H2,1-2H3,(H2,19,20,22)/t14-/m1/s1. The molecule has 1 atom stereocenters. The predicted octanol–water partition coefficient (Wildman–Crippen LogP) is 2.27. The van der Waals surface area contributed by atoms with Crippen LogP contribution in [0.15, 0.2) is 42.6 Å². The van der Waals surface area contributed by atoms with Gasteiger partial charge in [-0.05, 0) is 23.8 Å². The Kier molecular flexibility index (Phi) is 4.32. The third-order valence-corrected chi connectivity index (χ3v) is 3.67. The molecule has 0 saturated carbocycles. The van der Waals surface area contributed by atoms with Gasteiger partial charge in [-0.1, -0.05) is 18.2 Å². The van der Waals surface area contributed by atoms with E-state index in [1.807, 2.05) is 55.4 Å². The zero-order valence-corrected chi connectivity index (χ0v) is 13.2. The molecule has 120 valence electrons. The molecule has 0 fully saturated rings. The first-order valence-corrected chi connectivity index (χ1v) is 7.54. The molecule has 0 aliphatic carbocycles. The van der Waals surface area contributed by atoms with E-state index in [9.17, 15) is 4.79 Å². The number of carbonyl (C=O) groups is 1. The summed E-state index contributed by atoms with van der Waals surface area (Å²) in [5.74, 6) is 1.75. The molecule has 2 heterocycles. The van der Waals surface area contributed by atoms with E-state index in [0.717, 1.165) is 18.0 Å². The van der Waals surface area contributed by atoms with Crippen molar-refractivity contribution >= 4 is 17.5 Å². The number of pyridine rings is 1. The molecule has 2 amide bonds. The summed E-state index contributed by atoms with van der Waals surface area (Å²) >= 11 is 0. The van der Waals surface area contributed by atoms with E-state index < -0.39 is 0 Å². The Balaban J connectivity index is 1.47. The number of aromatic nitrogens is 1. The lowest BCUT2D eigenvalue weighted by molar-refractivity contribution is 0.219. The quantitative estimate of drug-likeness (QED) is 0.909. The molecule has 6 nitrogen and oxygen atoms in total. The number of nitrogens with zero attached hydrogens (tertiary/aromatic N) is 2. The Bertz CT molecular complexity index is 660. The fraction of sp³-hybridized carbons (Fsp3) is 0.294. The minimum atomic E-state index is -0.260. The van der Waals surface area contributed by atoms with Gasteiger partial charge in [-0.15, -0.1) is 0 Å². The van der Waals surface area contributed by atoms with Gasteiger partial charge in [0.25, 0.3) is 0 Å². The SMILES string of the molecule is CN(C)c1ccc(NC(=O)NC[C@H]2Cc3ccccc3O2)cn1. The highest BCUT2D eigenvalue weighted by atomic mass is 16.5. The average Bonchev–Trinajstić information content (AvgIpc) is 2.96. The number of nitrogens with one attached hydrogen (secondary N) is 2. The number of amides is 2. The lowest BCUT2D eigenvalue weighted by Crippen LogP contribution is -2.37. The van der Waals surface area contributed by atoms with Crippen LogP contribution in [0.5, 0.6) is 5.75 Å². The summed E-state index contributed by atoms with van der Waals surface area (Å²) in [6.45, 7) is 0.462. The van der Waals surface area contributed by atoms with E-state index in [1.165, 1.54) is 5.56 Å². The predicted molar refractivity (Wildman–Crippen MR) is 90.1 cm³/mol. The number of fused-ring (bicyclic) bond motifs is 1. The molecular formula is C17H20N4O2. The highest BCUT2D eigenvalue weighted by molar-refractivity contribution is 5.89. The van der Waals surface area contributed by atoms with Crippen molar-refractivity contribution in [1.82, 2.24) is 10.3 Å². The first kappa shape index (κ1) is 15.1. The first-order chi connectivity index (χ1) is 11.1. The van der Waals surface area contributed by atoms with E-state index in [2.05, 4.69) is 15.6 Å². The maximum absolute atomic E-state index is 11.9. The molecule has 3 rings (SSSR count). The Labute approximate surface area is 135 Å². The van der Waals surface area contributed by atoms with Crippen LogP contribution in [0.1, 0.15) is 5.56 Å². The largest absolute Gasteiger partial charge is 0.488 e. The van der Waals surface area contributed by atoms with Crippen molar-refractivity contribution < 1.29 is 9.53 Å². The van der Waals surface area contributed by atoms with Crippen molar-refractivity contribution in [2.45, 2.75) is 12.5 Å². The first-order valence-electron chi connectivity index (χ1n) is 7.54. The molecule has 2 aromatic rings. The number of hydrogen-bond acceptors (Lipinski definition) is 4. The second-order valence-corrected chi connectivity index (χ2v) is 5.69. The summed E-state index contributed by atoms with van der Waals surface area (Å²) in [7, 11) is 3.84. The van der Waals surface area contributed by atoms with Crippen LogP contribution in [0.2, 0.25) is 0 Å². The number of para-hydroxylation sites is 1. The summed E-state index contributed by atoms with van der Waals surface area (Å²) in [6, 6.07) is 11.4. The zero-order valence-electron chi connectivity index (χ0n) is 13.2. The summed E-state index contributed by atoms with van der Waals surface area (Å²) in [6.07, 6.45) is 2.43. The van der Waals surface area contributed by atoms with Crippen LogP contribution in [-0.4, -0.2) is 37.8 Å². The van der Waals surface area contributed by atoms with Gasteiger partial charge in [0.15, 0.2) is 0 Å². The molecule has 23 heavy (non-hydrogen) atoms. The van der Waals surface area contributed by atoms with Gasteiger partial charge in [0.1, 0.15) is 17.7 Å². The van der Waals surface area contributed by atoms with Crippen molar-refractivity contribution in [3.63, 3.8) is 0 Å². The van der Waals surface area contributed by atoms with Crippen molar-refractivity contribution in [2.24, 2.45) is 0 Å². The second-order valence-electron chi connectivity index (χ2n) is 5.69.